The number of rotatable bonds is 16. The number of aliphatic carboxylic acids is 1. The fraction of sp³-hybridized carbons (Fsp3) is 0.650. The third-order valence-electron chi connectivity index (χ3n) is 3.72. The van der Waals surface area contributed by atoms with Gasteiger partial charge in [0, 0.05) is 5.97 Å². The van der Waals surface area contributed by atoms with E-state index in [9.17, 15) is 9.90 Å². The average Bonchev–Trinajstić information content (AvgIpc) is 2.57. The van der Waals surface area contributed by atoms with E-state index in [2.05, 4.69) is 24.0 Å². The molecule has 1 atom stereocenters. The summed E-state index contributed by atoms with van der Waals surface area (Å²) >= 11 is 0. The Balaban J connectivity index is 3.67. The van der Waals surface area contributed by atoms with Gasteiger partial charge in [0.1, 0.15) is 6.10 Å². The van der Waals surface area contributed by atoms with E-state index in [1.54, 1.807) is 0 Å². The molecule has 0 rings (SSSR count). The van der Waals surface area contributed by atoms with Gasteiger partial charge in [-0.25, -0.2) is 4.89 Å². The molecule has 4 heteroatoms. The third kappa shape index (κ3) is 17.0. The van der Waals surface area contributed by atoms with Crippen molar-refractivity contribution in [1.29, 1.82) is 0 Å². The Bertz CT molecular complexity index is 372. The lowest BCUT2D eigenvalue weighted by molar-refractivity contribution is -0.305. The van der Waals surface area contributed by atoms with E-state index in [1.807, 2.05) is 24.3 Å². The molecular weight excluding hydrogens is 304 g/mol. The molecule has 0 aromatic rings. The van der Waals surface area contributed by atoms with Gasteiger partial charge >= 0.3 is 0 Å². The zero-order valence-corrected chi connectivity index (χ0v) is 15.0. The molecule has 4 nitrogen and oxygen atoms in total. The first-order chi connectivity index (χ1) is 11.7. The fourth-order valence-electron chi connectivity index (χ4n) is 2.27. The quantitative estimate of drug-likeness (QED) is 0.147. The Labute approximate surface area is 146 Å². The molecule has 0 saturated carbocycles. The van der Waals surface area contributed by atoms with E-state index >= 15 is 0 Å². The summed E-state index contributed by atoms with van der Waals surface area (Å²) in [4.78, 5) is 14.7. The molecule has 0 radical (unpaired) electrons. The van der Waals surface area contributed by atoms with Gasteiger partial charge in [-0.1, -0.05) is 69.1 Å². The average molecular weight is 337 g/mol. The molecule has 138 valence electrons. The molecule has 0 aliphatic rings. The van der Waals surface area contributed by atoms with Gasteiger partial charge in [0.15, 0.2) is 0 Å². The van der Waals surface area contributed by atoms with Crippen LogP contribution < -0.4 is 5.11 Å². The minimum absolute atomic E-state index is 0.157. The summed E-state index contributed by atoms with van der Waals surface area (Å²) in [6.07, 6.45) is 21.9. The largest absolute Gasteiger partial charge is 0.550 e. The molecule has 0 spiro atoms. The Kier molecular flexibility index (Phi) is 16.9. The van der Waals surface area contributed by atoms with Crippen LogP contribution in [0.5, 0.6) is 0 Å². The molecule has 24 heavy (non-hydrogen) atoms. The van der Waals surface area contributed by atoms with Gasteiger partial charge in [-0.2, -0.15) is 0 Å². The van der Waals surface area contributed by atoms with Crippen LogP contribution in [0.4, 0.5) is 0 Å². The number of hydrogen-bond donors (Lipinski definition) is 1. The van der Waals surface area contributed by atoms with Crippen molar-refractivity contribution in [2.24, 2.45) is 0 Å². The SMILES string of the molecule is CCCCC/C=C\C=C\C(C/C=C\CCCCCCC(=O)[O-])OO. The minimum atomic E-state index is -0.964. The zero-order chi connectivity index (χ0) is 17.9. The van der Waals surface area contributed by atoms with Crippen LogP contribution in [-0.4, -0.2) is 17.3 Å². The van der Waals surface area contributed by atoms with Crippen molar-refractivity contribution in [2.45, 2.75) is 83.7 Å². The summed E-state index contributed by atoms with van der Waals surface area (Å²) in [5, 5.41) is 19.1. The van der Waals surface area contributed by atoms with Crippen LogP contribution >= 0.6 is 0 Å². The minimum Gasteiger partial charge on any atom is -0.550 e. The second-order valence-corrected chi connectivity index (χ2v) is 5.98. The lowest BCUT2D eigenvalue weighted by Crippen LogP contribution is -2.21. The van der Waals surface area contributed by atoms with Gasteiger partial charge < -0.3 is 9.90 Å². The summed E-state index contributed by atoms with van der Waals surface area (Å²) in [5.74, 6) is -0.964. The van der Waals surface area contributed by atoms with Crippen LogP contribution in [0.1, 0.15) is 77.6 Å². The van der Waals surface area contributed by atoms with Crippen molar-refractivity contribution in [3.63, 3.8) is 0 Å². The number of carbonyl (C=O) groups excluding carboxylic acids is 1. The summed E-state index contributed by atoms with van der Waals surface area (Å²) in [6, 6.07) is 0. The predicted molar refractivity (Wildman–Crippen MR) is 96.4 cm³/mol. The fourth-order valence-corrected chi connectivity index (χ4v) is 2.27. The van der Waals surface area contributed by atoms with Gasteiger partial charge in [0.2, 0.25) is 0 Å². The molecule has 0 fully saturated rings. The Morgan fingerprint density at radius 2 is 1.71 bits per heavy atom. The number of hydrogen-bond acceptors (Lipinski definition) is 4. The highest BCUT2D eigenvalue weighted by Crippen LogP contribution is 2.07. The van der Waals surface area contributed by atoms with Gasteiger partial charge in [-0.3, -0.25) is 5.26 Å². The smallest absolute Gasteiger partial charge is 0.115 e. The van der Waals surface area contributed by atoms with Gasteiger partial charge in [0.05, 0.1) is 0 Å². The maximum absolute atomic E-state index is 10.3. The Morgan fingerprint density at radius 3 is 2.42 bits per heavy atom. The van der Waals surface area contributed by atoms with E-state index in [-0.39, 0.29) is 12.5 Å². The summed E-state index contributed by atoms with van der Waals surface area (Å²) in [5.41, 5.74) is 0. The summed E-state index contributed by atoms with van der Waals surface area (Å²) < 4.78 is 0. The standard InChI is InChI=1S/C20H34O4/c1-2-3-4-5-7-10-13-16-19(24-23)17-14-11-8-6-9-12-15-18-20(21)22/h7,10-11,13-14,16,19,23H,2-6,8-9,12,15,17-18H2,1H3,(H,21,22)/p-1/b10-7-,14-11-,16-13+. The van der Waals surface area contributed by atoms with E-state index in [0.717, 1.165) is 32.1 Å². The highest BCUT2D eigenvalue weighted by Gasteiger charge is 2.00. The van der Waals surface area contributed by atoms with Crippen LogP contribution in [0.2, 0.25) is 0 Å². The molecule has 1 N–H and O–H groups in total. The third-order valence-corrected chi connectivity index (χ3v) is 3.72. The predicted octanol–water partition coefficient (Wildman–Crippen LogP) is 4.57. The monoisotopic (exact) mass is 337 g/mol. The molecule has 0 aliphatic heterocycles. The Morgan fingerprint density at radius 1 is 1.00 bits per heavy atom. The Hall–Kier alpha value is -1.39. The highest BCUT2D eigenvalue weighted by atomic mass is 17.1. The first-order valence-corrected chi connectivity index (χ1v) is 9.19. The normalized spacial score (nSPS) is 13.4. The molecule has 0 aromatic heterocycles. The molecule has 0 heterocycles. The van der Waals surface area contributed by atoms with Crippen LogP contribution in [0, 0.1) is 0 Å². The maximum Gasteiger partial charge on any atom is 0.115 e. The molecule has 0 aliphatic carbocycles. The lowest BCUT2D eigenvalue weighted by atomic mass is 10.1. The van der Waals surface area contributed by atoms with Gasteiger partial charge in [-0.05, 0) is 44.9 Å². The van der Waals surface area contributed by atoms with E-state index in [0.29, 0.717) is 12.8 Å². The molecule has 0 amide bonds. The topological polar surface area (TPSA) is 69.6 Å². The summed E-state index contributed by atoms with van der Waals surface area (Å²) in [7, 11) is 0. The number of allylic oxidation sites excluding steroid dienone is 4. The summed E-state index contributed by atoms with van der Waals surface area (Å²) in [6.45, 7) is 2.19. The van der Waals surface area contributed by atoms with Crippen molar-refractivity contribution < 1.29 is 20.0 Å². The molecule has 0 bridgehead atoms. The van der Waals surface area contributed by atoms with Gasteiger partial charge in [0.25, 0.3) is 0 Å². The van der Waals surface area contributed by atoms with E-state index < -0.39 is 5.97 Å². The van der Waals surface area contributed by atoms with Gasteiger partial charge in [-0.15, -0.1) is 0 Å². The maximum atomic E-state index is 10.3. The van der Waals surface area contributed by atoms with Crippen LogP contribution in [0.25, 0.3) is 0 Å². The van der Waals surface area contributed by atoms with Crippen molar-refractivity contribution >= 4 is 5.97 Å². The first kappa shape index (κ1) is 22.6. The van der Waals surface area contributed by atoms with Crippen molar-refractivity contribution in [3.05, 3.63) is 36.5 Å². The van der Waals surface area contributed by atoms with Crippen molar-refractivity contribution in [1.82, 2.24) is 0 Å². The van der Waals surface area contributed by atoms with Crippen LogP contribution in [-0.2, 0) is 9.68 Å². The molecular formula is C20H33O4-. The van der Waals surface area contributed by atoms with Crippen molar-refractivity contribution in [2.75, 3.05) is 0 Å². The van der Waals surface area contributed by atoms with Crippen LogP contribution in [0.15, 0.2) is 36.5 Å². The number of unbranched alkanes of at least 4 members (excludes halogenated alkanes) is 7. The zero-order valence-electron chi connectivity index (χ0n) is 15.0. The van der Waals surface area contributed by atoms with Crippen LogP contribution in [0.3, 0.4) is 0 Å². The number of carbonyl (C=O) groups is 1. The molecule has 1 unspecified atom stereocenters. The lowest BCUT2D eigenvalue weighted by Gasteiger charge is -2.04. The molecule has 0 aromatic carbocycles. The highest BCUT2D eigenvalue weighted by molar-refractivity contribution is 5.64. The second-order valence-electron chi connectivity index (χ2n) is 5.98. The second kappa shape index (κ2) is 18.0. The molecule has 0 saturated heterocycles. The number of carboxylic acids is 1. The van der Waals surface area contributed by atoms with E-state index in [1.165, 1.54) is 19.3 Å². The first-order valence-electron chi connectivity index (χ1n) is 9.19. The van der Waals surface area contributed by atoms with Crippen molar-refractivity contribution in [3.8, 4) is 0 Å². The van der Waals surface area contributed by atoms with E-state index in [4.69, 9.17) is 5.26 Å². The number of carboxylic acid groups (broad SMARTS) is 1.